The van der Waals surface area contributed by atoms with E-state index in [-0.39, 0.29) is 29.8 Å². The first kappa shape index (κ1) is 17.1. The van der Waals surface area contributed by atoms with Gasteiger partial charge in [-0.15, -0.1) is 0 Å². The molecule has 4 rings (SSSR count). The molecule has 0 unspecified atom stereocenters. The molecule has 3 heterocycles. The molecule has 136 valence electrons. The topological polar surface area (TPSA) is 75.4 Å². The van der Waals surface area contributed by atoms with E-state index in [0.717, 1.165) is 30.8 Å². The number of fused-ring (bicyclic) bond motifs is 1. The quantitative estimate of drug-likeness (QED) is 0.834. The summed E-state index contributed by atoms with van der Waals surface area (Å²) in [7, 11) is 0. The Morgan fingerprint density at radius 2 is 2.00 bits per heavy atom. The number of anilines is 2. The zero-order valence-electron chi connectivity index (χ0n) is 14.4. The Hall–Kier alpha value is -2.35. The summed E-state index contributed by atoms with van der Waals surface area (Å²) in [4.78, 5) is 26.1. The number of benzene rings is 1. The molecule has 0 bridgehead atoms. The molecule has 2 aliphatic heterocycles. The van der Waals surface area contributed by atoms with Crippen LogP contribution in [0.3, 0.4) is 0 Å². The molecular formula is C18H20FN5OS. The average Bonchev–Trinajstić information content (AvgIpc) is 3.08. The maximum Gasteiger partial charge on any atom is 0.245 e. The first-order valence-electron chi connectivity index (χ1n) is 8.66. The molecular weight excluding hydrogens is 353 g/mol. The predicted octanol–water partition coefficient (Wildman–Crippen LogP) is 2.55. The summed E-state index contributed by atoms with van der Waals surface area (Å²) in [6.07, 6.45) is 2.07. The maximum atomic E-state index is 13.1. The molecule has 2 aromatic rings. The molecule has 2 saturated heterocycles. The second-order valence-electron chi connectivity index (χ2n) is 6.63. The molecule has 2 N–H and O–H groups in total. The number of nitrogens with two attached hydrogens (primary N) is 1. The van der Waals surface area contributed by atoms with Crippen LogP contribution in [0.25, 0.3) is 0 Å². The fourth-order valence-corrected chi connectivity index (χ4v) is 4.44. The van der Waals surface area contributed by atoms with Gasteiger partial charge in [-0.2, -0.15) is 4.98 Å². The molecule has 0 spiro atoms. The average molecular weight is 373 g/mol. The fraction of sp³-hybridized carbons (Fsp3) is 0.389. The lowest BCUT2D eigenvalue weighted by Gasteiger charge is -2.42. The van der Waals surface area contributed by atoms with Crippen molar-refractivity contribution >= 4 is 29.4 Å². The van der Waals surface area contributed by atoms with Crippen LogP contribution in [0.15, 0.2) is 40.3 Å². The molecule has 26 heavy (non-hydrogen) atoms. The van der Waals surface area contributed by atoms with Gasteiger partial charge >= 0.3 is 0 Å². The lowest BCUT2D eigenvalue weighted by Crippen LogP contribution is -2.59. The van der Waals surface area contributed by atoms with Gasteiger partial charge in [-0.05, 0) is 44.0 Å². The van der Waals surface area contributed by atoms with Gasteiger partial charge < -0.3 is 15.5 Å². The molecule has 1 aromatic carbocycles. The predicted molar refractivity (Wildman–Crippen MR) is 98.5 cm³/mol. The van der Waals surface area contributed by atoms with Crippen LogP contribution >= 0.6 is 11.8 Å². The molecule has 2 atom stereocenters. The Balaban J connectivity index is 1.61. The van der Waals surface area contributed by atoms with Gasteiger partial charge in [0.15, 0.2) is 0 Å². The van der Waals surface area contributed by atoms with E-state index in [4.69, 9.17) is 5.73 Å². The Labute approximate surface area is 155 Å². The SMILES string of the molecule is C[C@H]1C(=O)N2CCC[C@@H]2CN1c1cc(Sc2ccc(F)cc2)nc(N)n1. The van der Waals surface area contributed by atoms with Crippen molar-refractivity contribution < 1.29 is 9.18 Å². The molecule has 6 nitrogen and oxygen atoms in total. The highest BCUT2D eigenvalue weighted by atomic mass is 32.2. The van der Waals surface area contributed by atoms with Gasteiger partial charge in [-0.3, -0.25) is 4.79 Å². The minimum absolute atomic E-state index is 0.142. The number of nitrogen functional groups attached to an aromatic ring is 1. The molecule has 8 heteroatoms. The van der Waals surface area contributed by atoms with Crippen molar-refractivity contribution in [3.05, 3.63) is 36.1 Å². The van der Waals surface area contributed by atoms with Crippen LogP contribution in [0.4, 0.5) is 16.2 Å². The summed E-state index contributed by atoms with van der Waals surface area (Å²) in [6, 6.07) is 8.02. The lowest BCUT2D eigenvalue weighted by atomic mass is 10.1. The number of carbonyl (C=O) groups is 1. The standard InChI is InChI=1S/C18H20FN5OS/c1-11-17(25)23-8-2-3-13(23)10-24(11)15-9-16(22-18(20)21-15)26-14-6-4-12(19)5-7-14/h4-7,9,11,13H,2-3,8,10H2,1H3,(H2,20,21,22)/t11-,13+/m0/s1. The number of amides is 1. The van der Waals surface area contributed by atoms with E-state index in [1.54, 1.807) is 12.1 Å². The number of hydrogen-bond acceptors (Lipinski definition) is 6. The molecule has 2 fully saturated rings. The first-order chi connectivity index (χ1) is 12.5. The monoisotopic (exact) mass is 373 g/mol. The van der Waals surface area contributed by atoms with Crippen LogP contribution in [-0.4, -0.2) is 45.9 Å². The second kappa shape index (κ2) is 6.75. The van der Waals surface area contributed by atoms with E-state index in [1.807, 2.05) is 22.8 Å². The van der Waals surface area contributed by atoms with Crippen molar-refractivity contribution in [1.29, 1.82) is 0 Å². The normalized spacial score (nSPS) is 22.6. The largest absolute Gasteiger partial charge is 0.368 e. The Morgan fingerprint density at radius 1 is 1.23 bits per heavy atom. The summed E-state index contributed by atoms with van der Waals surface area (Å²) in [5, 5.41) is 0.674. The Bertz CT molecular complexity index is 831. The van der Waals surface area contributed by atoms with Gasteiger partial charge in [-0.25, -0.2) is 9.37 Å². The zero-order chi connectivity index (χ0) is 18.3. The van der Waals surface area contributed by atoms with Crippen molar-refractivity contribution in [1.82, 2.24) is 14.9 Å². The number of nitrogens with zero attached hydrogens (tertiary/aromatic N) is 4. The van der Waals surface area contributed by atoms with Gasteiger partial charge in [0.1, 0.15) is 22.7 Å². The maximum absolute atomic E-state index is 13.1. The van der Waals surface area contributed by atoms with Crippen molar-refractivity contribution in [2.75, 3.05) is 23.7 Å². The smallest absolute Gasteiger partial charge is 0.245 e. The van der Waals surface area contributed by atoms with E-state index in [0.29, 0.717) is 10.8 Å². The number of carbonyl (C=O) groups excluding carboxylic acids is 1. The van der Waals surface area contributed by atoms with Crippen LogP contribution in [0, 0.1) is 5.82 Å². The van der Waals surface area contributed by atoms with E-state index in [2.05, 4.69) is 9.97 Å². The summed E-state index contributed by atoms with van der Waals surface area (Å²) >= 11 is 1.39. The van der Waals surface area contributed by atoms with Crippen LogP contribution in [-0.2, 0) is 4.79 Å². The van der Waals surface area contributed by atoms with E-state index < -0.39 is 0 Å². The minimum Gasteiger partial charge on any atom is -0.368 e. The highest BCUT2D eigenvalue weighted by Crippen LogP contribution is 2.32. The fourth-order valence-electron chi connectivity index (χ4n) is 3.62. The molecule has 2 aliphatic rings. The van der Waals surface area contributed by atoms with Gasteiger partial charge in [0.05, 0.1) is 0 Å². The Kier molecular flexibility index (Phi) is 4.44. The molecule has 0 aliphatic carbocycles. The minimum atomic E-state index is -0.279. The van der Waals surface area contributed by atoms with E-state index in [9.17, 15) is 9.18 Å². The van der Waals surface area contributed by atoms with E-state index in [1.165, 1.54) is 23.9 Å². The van der Waals surface area contributed by atoms with Gasteiger partial charge in [0, 0.05) is 30.1 Å². The number of piperazine rings is 1. The van der Waals surface area contributed by atoms with Crippen molar-refractivity contribution in [2.24, 2.45) is 0 Å². The Morgan fingerprint density at radius 3 is 2.77 bits per heavy atom. The molecule has 0 radical (unpaired) electrons. The van der Waals surface area contributed by atoms with E-state index >= 15 is 0 Å². The third kappa shape index (κ3) is 3.21. The van der Waals surface area contributed by atoms with Crippen molar-refractivity contribution in [3.8, 4) is 0 Å². The third-order valence-corrected chi connectivity index (χ3v) is 5.86. The summed E-state index contributed by atoms with van der Waals surface area (Å²) < 4.78 is 13.1. The summed E-state index contributed by atoms with van der Waals surface area (Å²) in [5.41, 5.74) is 5.91. The van der Waals surface area contributed by atoms with Gasteiger partial charge in [0.2, 0.25) is 11.9 Å². The number of hydrogen-bond donors (Lipinski definition) is 1. The number of halogens is 1. The lowest BCUT2D eigenvalue weighted by molar-refractivity contribution is -0.134. The number of rotatable bonds is 3. The van der Waals surface area contributed by atoms with Gasteiger partial charge in [-0.1, -0.05) is 11.8 Å². The van der Waals surface area contributed by atoms with Crippen molar-refractivity contribution in [2.45, 2.75) is 41.8 Å². The summed E-state index contributed by atoms with van der Waals surface area (Å²) in [6.45, 7) is 3.51. The number of aromatic nitrogens is 2. The zero-order valence-corrected chi connectivity index (χ0v) is 15.2. The molecule has 1 amide bonds. The highest BCUT2D eigenvalue weighted by Gasteiger charge is 2.40. The molecule has 0 saturated carbocycles. The van der Waals surface area contributed by atoms with Crippen LogP contribution in [0.5, 0.6) is 0 Å². The van der Waals surface area contributed by atoms with Crippen LogP contribution < -0.4 is 10.6 Å². The van der Waals surface area contributed by atoms with Crippen molar-refractivity contribution in [3.63, 3.8) is 0 Å². The highest BCUT2D eigenvalue weighted by molar-refractivity contribution is 7.99. The van der Waals surface area contributed by atoms with Crippen LogP contribution in [0.2, 0.25) is 0 Å². The third-order valence-electron chi connectivity index (χ3n) is 4.93. The molecule has 1 aromatic heterocycles. The first-order valence-corrected chi connectivity index (χ1v) is 9.48. The summed E-state index contributed by atoms with van der Waals surface area (Å²) in [5.74, 6) is 0.692. The van der Waals surface area contributed by atoms with Gasteiger partial charge in [0.25, 0.3) is 0 Å². The second-order valence-corrected chi connectivity index (χ2v) is 7.73. The van der Waals surface area contributed by atoms with Crippen LogP contribution in [0.1, 0.15) is 19.8 Å².